The summed E-state index contributed by atoms with van der Waals surface area (Å²) in [7, 11) is 4.13. The molecule has 1 aromatic heterocycles. The molecule has 1 aliphatic rings. The molecule has 1 atom stereocenters. The SMILES string of the molecule is CN(C)C1CCCN(C(=O)c2ccc(Oc3ccc(Br)cc3)nc2)C1. The number of likely N-dealkylation sites (tertiary alicyclic amines) is 1. The quantitative estimate of drug-likeness (QED) is 0.778. The molecule has 5 nitrogen and oxygen atoms in total. The highest BCUT2D eigenvalue weighted by Crippen LogP contribution is 2.22. The Kier molecular flexibility index (Phi) is 5.71. The molecule has 2 heterocycles. The first kappa shape index (κ1) is 17.9. The smallest absolute Gasteiger partial charge is 0.255 e. The summed E-state index contributed by atoms with van der Waals surface area (Å²) in [6.07, 6.45) is 3.76. The van der Waals surface area contributed by atoms with E-state index < -0.39 is 0 Å². The van der Waals surface area contributed by atoms with E-state index in [-0.39, 0.29) is 5.91 Å². The number of rotatable bonds is 4. The van der Waals surface area contributed by atoms with Gasteiger partial charge in [-0.25, -0.2) is 4.98 Å². The van der Waals surface area contributed by atoms with Crippen molar-refractivity contribution in [3.05, 3.63) is 52.6 Å². The molecule has 0 bridgehead atoms. The standard InChI is InChI=1S/C19H22BrN3O2/c1-22(2)16-4-3-11-23(13-16)19(24)14-5-10-18(21-12-14)25-17-8-6-15(20)7-9-17/h5-10,12,16H,3-4,11,13H2,1-2H3. The topological polar surface area (TPSA) is 45.7 Å². The number of carbonyl (C=O) groups excluding carboxylic acids is 1. The first-order chi connectivity index (χ1) is 12.0. The average molecular weight is 404 g/mol. The van der Waals surface area contributed by atoms with Gasteiger partial charge in [0, 0.05) is 35.9 Å². The van der Waals surface area contributed by atoms with Crippen LogP contribution in [0.1, 0.15) is 23.2 Å². The molecule has 132 valence electrons. The van der Waals surface area contributed by atoms with E-state index in [1.165, 1.54) is 0 Å². The molecule has 0 aliphatic carbocycles. The van der Waals surface area contributed by atoms with Crippen LogP contribution in [0.15, 0.2) is 47.1 Å². The summed E-state index contributed by atoms with van der Waals surface area (Å²) in [4.78, 5) is 21.1. The third-order valence-corrected chi connectivity index (χ3v) is 4.96. The average Bonchev–Trinajstić information content (AvgIpc) is 2.64. The Morgan fingerprint density at radius 1 is 1.24 bits per heavy atom. The van der Waals surface area contributed by atoms with Gasteiger partial charge < -0.3 is 14.5 Å². The van der Waals surface area contributed by atoms with Crippen molar-refractivity contribution in [2.45, 2.75) is 18.9 Å². The zero-order chi connectivity index (χ0) is 17.8. The summed E-state index contributed by atoms with van der Waals surface area (Å²) in [5.41, 5.74) is 0.600. The van der Waals surface area contributed by atoms with Crippen LogP contribution in [0.4, 0.5) is 0 Å². The van der Waals surface area contributed by atoms with E-state index in [0.29, 0.717) is 23.2 Å². The zero-order valence-corrected chi connectivity index (χ0v) is 16.1. The number of hydrogen-bond donors (Lipinski definition) is 0. The fourth-order valence-corrected chi connectivity index (χ4v) is 3.20. The highest BCUT2D eigenvalue weighted by atomic mass is 79.9. The maximum absolute atomic E-state index is 12.7. The number of halogens is 1. The molecule has 0 spiro atoms. The number of carbonyl (C=O) groups is 1. The molecule has 0 radical (unpaired) electrons. The van der Waals surface area contributed by atoms with Crippen molar-refractivity contribution in [1.82, 2.24) is 14.8 Å². The summed E-state index contributed by atoms with van der Waals surface area (Å²) in [5.74, 6) is 1.22. The van der Waals surface area contributed by atoms with Crippen molar-refractivity contribution in [2.24, 2.45) is 0 Å². The van der Waals surface area contributed by atoms with Gasteiger partial charge in [0.05, 0.1) is 5.56 Å². The van der Waals surface area contributed by atoms with Crippen molar-refractivity contribution in [3.63, 3.8) is 0 Å². The Morgan fingerprint density at radius 3 is 2.64 bits per heavy atom. The second-order valence-electron chi connectivity index (χ2n) is 6.45. The van der Waals surface area contributed by atoms with Crippen LogP contribution in [0.3, 0.4) is 0 Å². The highest BCUT2D eigenvalue weighted by Gasteiger charge is 2.25. The predicted molar refractivity (Wildman–Crippen MR) is 101 cm³/mol. The largest absolute Gasteiger partial charge is 0.439 e. The number of pyridine rings is 1. The van der Waals surface area contributed by atoms with Gasteiger partial charge in [0.25, 0.3) is 5.91 Å². The molecule has 1 fully saturated rings. The van der Waals surface area contributed by atoms with Crippen molar-refractivity contribution < 1.29 is 9.53 Å². The van der Waals surface area contributed by atoms with Gasteiger partial charge in [-0.05, 0) is 57.3 Å². The molecule has 2 aromatic rings. The van der Waals surface area contributed by atoms with Crippen molar-refractivity contribution >= 4 is 21.8 Å². The van der Waals surface area contributed by atoms with Gasteiger partial charge in [0.15, 0.2) is 0 Å². The van der Waals surface area contributed by atoms with Gasteiger partial charge in [-0.2, -0.15) is 0 Å². The van der Waals surface area contributed by atoms with E-state index in [2.05, 4.69) is 39.9 Å². The molecular formula is C19H22BrN3O2. The molecule has 1 saturated heterocycles. The molecule has 25 heavy (non-hydrogen) atoms. The van der Waals surface area contributed by atoms with Gasteiger partial charge in [0.2, 0.25) is 5.88 Å². The minimum atomic E-state index is 0.0363. The fourth-order valence-electron chi connectivity index (χ4n) is 2.93. The second kappa shape index (κ2) is 7.97. The zero-order valence-electron chi connectivity index (χ0n) is 14.5. The Bertz CT molecular complexity index is 716. The number of amides is 1. The third-order valence-electron chi connectivity index (χ3n) is 4.43. The van der Waals surface area contributed by atoms with Gasteiger partial charge in [0.1, 0.15) is 5.75 Å². The minimum absolute atomic E-state index is 0.0363. The number of benzene rings is 1. The number of hydrogen-bond acceptors (Lipinski definition) is 4. The van der Waals surface area contributed by atoms with Crippen LogP contribution in [-0.2, 0) is 0 Å². The third kappa shape index (κ3) is 4.58. The van der Waals surface area contributed by atoms with Crippen LogP contribution in [0.2, 0.25) is 0 Å². The lowest BCUT2D eigenvalue weighted by Crippen LogP contribution is -2.47. The van der Waals surface area contributed by atoms with Gasteiger partial charge >= 0.3 is 0 Å². The fraction of sp³-hybridized carbons (Fsp3) is 0.368. The van der Waals surface area contributed by atoms with Crippen molar-refractivity contribution in [2.75, 3.05) is 27.2 Å². The summed E-state index contributed by atoms with van der Waals surface area (Å²) in [6.45, 7) is 1.57. The lowest BCUT2D eigenvalue weighted by atomic mass is 10.0. The second-order valence-corrected chi connectivity index (χ2v) is 7.37. The maximum Gasteiger partial charge on any atom is 0.255 e. The molecule has 1 aromatic carbocycles. The van der Waals surface area contributed by atoms with Crippen LogP contribution in [-0.4, -0.2) is 53.9 Å². The number of nitrogens with zero attached hydrogens (tertiary/aromatic N) is 3. The molecule has 0 saturated carbocycles. The first-order valence-corrected chi connectivity index (χ1v) is 9.17. The lowest BCUT2D eigenvalue weighted by Gasteiger charge is -2.36. The first-order valence-electron chi connectivity index (χ1n) is 8.38. The van der Waals surface area contributed by atoms with Crippen molar-refractivity contribution in [3.8, 4) is 11.6 Å². The minimum Gasteiger partial charge on any atom is -0.439 e. The van der Waals surface area contributed by atoms with Crippen LogP contribution >= 0.6 is 15.9 Å². The Labute approximate surface area is 156 Å². The summed E-state index contributed by atoms with van der Waals surface area (Å²) in [5, 5.41) is 0. The number of likely N-dealkylation sites (N-methyl/N-ethyl adjacent to an activating group) is 1. The molecule has 0 N–H and O–H groups in total. The van der Waals surface area contributed by atoms with E-state index in [1.807, 2.05) is 29.2 Å². The molecular weight excluding hydrogens is 382 g/mol. The van der Waals surface area contributed by atoms with Gasteiger partial charge in [-0.3, -0.25) is 4.79 Å². The molecule has 6 heteroatoms. The van der Waals surface area contributed by atoms with Crippen LogP contribution in [0.5, 0.6) is 11.6 Å². The molecule has 3 rings (SSSR count). The Hall–Kier alpha value is -1.92. The Balaban J connectivity index is 1.65. The van der Waals surface area contributed by atoms with Crippen LogP contribution < -0.4 is 4.74 Å². The van der Waals surface area contributed by atoms with Crippen LogP contribution in [0, 0.1) is 0 Å². The molecule has 1 aliphatic heterocycles. The van der Waals surface area contributed by atoms with E-state index >= 15 is 0 Å². The summed E-state index contributed by atoms with van der Waals surface area (Å²) in [6, 6.07) is 11.5. The lowest BCUT2D eigenvalue weighted by molar-refractivity contribution is 0.0634. The number of ether oxygens (including phenoxy) is 1. The van der Waals surface area contributed by atoms with E-state index in [9.17, 15) is 4.79 Å². The summed E-state index contributed by atoms with van der Waals surface area (Å²) >= 11 is 3.39. The Morgan fingerprint density at radius 2 is 2.00 bits per heavy atom. The van der Waals surface area contributed by atoms with Gasteiger partial charge in [-0.1, -0.05) is 15.9 Å². The predicted octanol–water partition coefficient (Wildman–Crippen LogP) is 3.80. The normalized spacial score (nSPS) is 17.6. The summed E-state index contributed by atoms with van der Waals surface area (Å²) < 4.78 is 6.69. The molecule has 1 amide bonds. The highest BCUT2D eigenvalue weighted by molar-refractivity contribution is 9.10. The van der Waals surface area contributed by atoms with E-state index in [1.54, 1.807) is 18.3 Å². The van der Waals surface area contributed by atoms with Crippen molar-refractivity contribution in [1.29, 1.82) is 0 Å². The number of aromatic nitrogens is 1. The monoisotopic (exact) mass is 403 g/mol. The van der Waals surface area contributed by atoms with E-state index in [0.717, 1.165) is 30.4 Å². The molecule has 1 unspecified atom stereocenters. The van der Waals surface area contributed by atoms with Crippen LogP contribution in [0.25, 0.3) is 0 Å². The van der Waals surface area contributed by atoms with E-state index in [4.69, 9.17) is 4.74 Å². The number of piperidine rings is 1. The maximum atomic E-state index is 12.7. The van der Waals surface area contributed by atoms with Gasteiger partial charge in [-0.15, -0.1) is 0 Å².